The smallest absolute Gasteiger partial charge is 0.132 e. The van der Waals surface area contributed by atoms with Crippen LogP contribution in [0.15, 0.2) is 43.7 Å². The third-order valence-corrected chi connectivity index (χ3v) is 5.06. The van der Waals surface area contributed by atoms with E-state index in [4.69, 9.17) is 4.74 Å². The fraction of sp³-hybridized carbons (Fsp3) is 0.0769. The van der Waals surface area contributed by atoms with E-state index in [1.165, 1.54) is 11.1 Å². The van der Waals surface area contributed by atoms with Crippen LogP contribution in [0, 0.1) is 0 Å². The Kier molecular flexibility index (Phi) is 3.05. The van der Waals surface area contributed by atoms with Crippen LogP contribution in [0.4, 0.5) is 0 Å². The molecule has 0 amide bonds. The van der Waals surface area contributed by atoms with Crippen LogP contribution < -0.4 is 4.74 Å². The highest BCUT2D eigenvalue weighted by Gasteiger charge is 2.18. The first-order chi connectivity index (χ1) is 8.13. The Labute approximate surface area is 125 Å². The van der Waals surface area contributed by atoms with Gasteiger partial charge in [0.05, 0.1) is 0 Å². The molecule has 2 aromatic carbocycles. The van der Waals surface area contributed by atoms with Crippen molar-refractivity contribution in [2.24, 2.45) is 0 Å². The molecule has 0 aliphatic carbocycles. The van der Waals surface area contributed by atoms with Crippen molar-refractivity contribution in [1.82, 2.24) is 0 Å². The first kappa shape index (κ1) is 11.8. The zero-order chi connectivity index (χ0) is 12.0. The number of halogens is 3. The van der Waals surface area contributed by atoms with Crippen LogP contribution in [0.2, 0.25) is 0 Å². The molecule has 1 nitrogen and oxygen atoms in total. The Hall–Kier alpha value is -0.320. The summed E-state index contributed by atoms with van der Waals surface area (Å²) in [5, 5.41) is 0. The summed E-state index contributed by atoms with van der Waals surface area (Å²) in [6.45, 7) is 0. The van der Waals surface area contributed by atoms with Gasteiger partial charge < -0.3 is 4.74 Å². The van der Waals surface area contributed by atoms with Gasteiger partial charge in [0.25, 0.3) is 0 Å². The standard InChI is InChI=1S/C13H7Br3O/c14-9-1-2-12-7(4-9)3-8-5-10(15)11(16)6-13(8)17-12/h1-2,4-6H,3H2. The molecule has 1 aliphatic rings. The van der Waals surface area contributed by atoms with Crippen LogP contribution in [-0.4, -0.2) is 0 Å². The van der Waals surface area contributed by atoms with Gasteiger partial charge in [0, 0.05) is 31.0 Å². The Morgan fingerprint density at radius 1 is 0.824 bits per heavy atom. The number of hydrogen-bond acceptors (Lipinski definition) is 1. The van der Waals surface area contributed by atoms with E-state index in [2.05, 4.69) is 59.9 Å². The summed E-state index contributed by atoms with van der Waals surface area (Å²) in [6.07, 6.45) is 0.899. The molecule has 0 radical (unpaired) electrons. The van der Waals surface area contributed by atoms with Crippen molar-refractivity contribution >= 4 is 47.8 Å². The summed E-state index contributed by atoms with van der Waals surface area (Å²) in [7, 11) is 0. The molecule has 0 bridgehead atoms. The second-order valence-electron chi connectivity index (χ2n) is 3.90. The molecular weight excluding hydrogens is 412 g/mol. The molecule has 4 heteroatoms. The van der Waals surface area contributed by atoms with Crippen LogP contribution in [-0.2, 0) is 6.42 Å². The minimum atomic E-state index is 0.899. The second kappa shape index (κ2) is 4.41. The van der Waals surface area contributed by atoms with Crippen LogP contribution >= 0.6 is 47.8 Å². The van der Waals surface area contributed by atoms with Crippen molar-refractivity contribution in [1.29, 1.82) is 0 Å². The van der Waals surface area contributed by atoms with Crippen molar-refractivity contribution in [3.8, 4) is 11.5 Å². The summed E-state index contributed by atoms with van der Waals surface area (Å²) in [5.41, 5.74) is 2.41. The summed E-state index contributed by atoms with van der Waals surface area (Å²) >= 11 is 10.5. The van der Waals surface area contributed by atoms with Gasteiger partial charge in [-0.05, 0) is 62.2 Å². The lowest BCUT2D eigenvalue weighted by Gasteiger charge is -2.21. The zero-order valence-corrected chi connectivity index (χ0v) is 13.4. The van der Waals surface area contributed by atoms with Gasteiger partial charge in [0.15, 0.2) is 0 Å². The van der Waals surface area contributed by atoms with E-state index in [9.17, 15) is 0 Å². The molecule has 86 valence electrons. The van der Waals surface area contributed by atoms with Gasteiger partial charge in [-0.25, -0.2) is 0 Å². The molecule has 2 aromatic rings. The normalized spacial score (nSPS) is 12.6. The molecule has 0 saturated heterocycles. The molecule has 17 heavy (non-hydrogen) atoms. The fourth-order valence-corrected chi connectivity index (χ4v) is 3.03. The minimum Gasteiger partial charge on any atom is -0.457 e. The van der Waals surface area contributed by atoms with Crippen molar-refractivity contribution in [2.75, 3.05) is 0 Å². The van der Waals surface area contributed by atoms with E-state index in [0.717, 1.165) is 31.3 Å². The van der Waals surface area contributed by atoms with Crippen molar-refractivity contribution < 1.29 is 4.74 Å². The number of rotatable bonds is 0. The topological polar surface area (TPSA) is 9.23 Å². The molecule has 0 N–H and O–H groups in total. The largest absolute Gasteiger partial charge is 0.457 e. The number of ether oxygens (including phenoxy) is 1. The second-order valence-corrected chi connectivity index (χ2v) is 6.53. The van der Waals surface area contributed by atoms with Gasteiger partial charge >= 0.3 is 0 Å². The van der Waals surface area contributed by atoms with E-state index in [1.54, 1.807) is 0 Å². The van der Waals surface area contributed by atoms with E-state index in [0.29, 0.717) is 0 Å². The average Bonchev–Trinajstić information content (AvgIpc) is 2.28. The lowest BCUT2D eigenvalue weighted by atomic mass is 10.0. The molecule has 0 saturated carbocycles. The Bertz CT molecular complexity index is 608. The van der Waals surface area contributed by atoms with Gasteiger partial charge in [-0.15, -0.1) is 0 Å². The van der Waals surface area contributed by atoms with Gasteiger partial charge in [-0.3, -0.25) is 0 Å². The van der Waals surface area contributed by atoms with Gasteiger partial charge in [-0.1, -0.05) is 15.9 Å². The predicted octanol–water partition coefficient (Wildman–Crippen LogP) is 5.67. The summed E-state index contributed by atoms with van der Waals surface area (Å²) in [4.78, 5) is 0. The quantitative estimate of drug-likeness (QED) is 0.457. The third-order valence-electron chi connectivity index (χ3n) is 2.73. The molecule has 3 rings (SSSR count). The monoisotopic (exact) mass is 416 g/mol. The summed E-state index contributed by atoms with van der Waals surface area (Å²) < 4.78 is 9.04. The van der Waals surface area contributed by atoms with Gasteiger partial charge in [-0.2, -0.15) is 0 Å². The number of fused-ring (bicyclic) bond motifs is 2. The van der Waals surface area contributed by atoms with E-state index in [-0.39, 0.29) is 0 Å². The highest BCUT2D eigenvalue weighted by atomic mass is 79.9. The Morgan fingerprint density at radius 2 is 1.53 bits per heavy atom. The van der Waals surface area contributed by atoms with Crippen LogP contribution in [0.5, 0.6) is 11.5 Å². The molecule has 0 atom stereocenters. The summed E-state index contributed by atoms with van der Waals surface area (Å²) in [5.74, 6) is 1.87. The van der Waals surface area contributed by atoms with Crippen LogP contribution in [0.1, 0.15) is 11.1 Å². The lowest BCUT2D eigenvalue weighted by molar-refractivity contribution is 0.459. The lowest BCUT2D eigenvalue weighted by Crippen LogP contribution is -2.03. The Balaban J connectivity index is 2.11. The number of hydrogen-bond donors (Lipinski definition) is 0. The van der Waals surface area contributed by atoms with Gasteiger partial charge in [0.1, 0.15) is 11.5 Å². The molecular formula is C13H7Br3O. The highest BCUT2D eigenvalue weighted by Crippen LogP contribution is 2.41. The molecule has 0 unspecified atom stereocenters. The first-order valence-corrected chi connectivity index (χ1v) is 7.45. The SMILES string of the molecule is Brc1ccc2c(c1)Cc1cc(Br)c(Br)cc1O2. The van der Waals surface area contributed by atoms with E-state index < -0.39 is 0 Å². The third kappa shape index (κ3) is 2.18. The Morgan fingerprint density at radius 3 is 2.35 bits per heavy atom. The van der Waals surface area contributed by atoms with Crippen molar-refractivity contribution in [3.63, 3.8) is 0 Å². The zero-order valence-electron chi connectivity index (χ0n) is 8.64. The maximum atomic E-state index is 5.90. The molecule has 0 aromatic heterocycles. The predicted molar refractivity (Wildman–Crippen MR) is 78.9 cm³/mol. The van der Waals surface area contributed by atoms with Crippen molar-refractivity contribution in [2.45, 2.75) is 6.42 Å². The highest BCUT2D eigenvalue weighted by molar-refractivity contribution is 9.13. The fourth-order valence-electron chi connectivity index (χ4n) is 1.91. The van der Waals surface area contributed by atoms with Crippen molar-refractivity contribution in [3.05, 3.63) is 54.9 Å². The number of benzene rings is 2. The van der Waals surface area contributed by atoms with Crippen LogP contribution in [0.25, 0.3) is 0 Å². The maximum absolute atomic E-state index is 5.90. The molecule has 0 fully saturated rings. The average molecular weight is 419 g/mol. The molecule has 1 heterocycles. The first-order valence-electron chi connectivity index (χ1n) is 5.08. The summed E-state index contributed by atoms with van der Waals surface area (Å²) in [6, 6.07) is 10.2. The van der Waals surface area contributed by atoms with E-state index >= 15 is 0 Å². The molecule has 0 spiro atoms. The minimum absolute atomic E-state index is 0.899. The maximum Gasteiger partial charge on any atom is 0.132 e. The van der Waals surface area contributed by atoms with Crippen LogP contribution in [0.3, 0.4) is 0 Å². The van der Waals surface area contributed by atoms with E-state index in [1.807, 2.05) is 18.2 Å². The van der Waals surface area contributed by atoms with Gasteiger partial charge in [0.2, 0.25) is 0 Å². The molecule has 1 aliphatic heterocycles.